The van der Waals surface area contributed by atoms with Gasteiger partial charge in [-0.05, 0) is 12.1 Å². The van der Waals surface area contributed by atoms with Gasteiger partial charge in [0.25, 0.3) is 0 Å². The SMILES string of the molecule is O/N=C/c1nc2ccccc2nc1Cl. The fourth-order valence-corrected chi connectivity index (χ4v) is 1.31. The zero-order valence-corrected chi connectivity index (χ0v) is 7.81. The molecule has 4 nitrogen and oxygen atoms in total. The van der Waals surface area contributed by atoms with E-state index < -0.39 is 0 Å². The van der Waals surface area contributed by atoms with Gasteiger partial charge >= 0.3 is 0 Å². The summed E-state index contributed by atoms with van der Waals surface area (Å²) in [6, 6.07) is 7.33. The van der Waals surface area contributed by atoms with Crippen LogP contribution in [0.1, 0.15) is 5.69 Å². The second-order valence-corrected chi connectivity index (χ2v) is 2.99. The average molecular weight is 208 g/mol. The van der Waals surface area contributed by atoms with Crippen molar-refractivity contribution in [1.29, 1.82) is 0 Å². The van der Waals surface area contributed by atoms with E-state index in [-0.39, 0.29) is 5.15 Å². The van der Waals surface area contributed by atoms with Gasteiger partial charge in [-0.3, -0.25) is 0 Å². The number of para-hydroxylation sites is 2. The Hall–Kier alpha value is -1.68. The fourth-order valence-electron chi connectivity index (χ4n) is 1.13. The maximum Gasteiger partial charge on any atom is 0.157 e. The highest BCUT2D eigenvalue weighted by Crippen LogP contribution is 2.15. The molecule has 0 amide bonds. The van der Waals surface area contributed by atoms with Crippen molar-refractivity contribution < 1.29 is 5.21 Å². The zero-order valence-electron chi connectivity index (χ0n) is 7.05. The Kier molecular flexibility index (Phi) is 2.28. The summed E-state index contributed by atoms with van der Waals surface area (Å²) < 4.78 is 0. The van der Waals surface area contributed by atoms with E-state index in [9.17, 15) is 0 Å². The average Bonchev–Trinajstić information content (AvgIpc) is 2.19. The topological polar surface area (TPSA) is 58.4 Å². The van der Waals surface area contributed by atoms with Gasteiger partial charge in [0.05, 0.1) is 17.2 Å². The number of oxime groups is 1. The molecule has 0 spiro atoms. The largest absolute Gasteiger partial charge is 0.411 e. The molecule has 2 aromatic rings. The van der Waals surface area contributed by atoms with Crippen molar-refractivity contribution >= 4 is 28.8 Å². The first-order valence-corrected chi connectivity index (χ1v) is 4.29. The van der Waals surface area contributed by atoms with Gasteiger partial charge in [-0.15, -0.1) is 0 Å². The highest BCUT2D eigenvalue weighted by Gasteiger charge is 2.03. The molecule has 0 aliphatic carbocycles. The van der Waals surface area contributed by atoms with Crippen LogP contribution in [0.15, 0.2) is 29.4 Å². The summed E-state index contributed by atoms with van der Waals surface area (Å²) in [7, 11) is 0. The van der Waals surface area contributed by atoms with Crippen LogP contribution >= 0.6 is 11.6 Å². The lowest BCUT2D eigenvalue weighted by atomic mass is 10.3. The van der Waals surface area contributed by atoms with Crippen LogP contribution in [0.25, 0.3) is 11.0 Å². The van der Waals surface area contributed by atoms with E-state index in [4.69, 9.17) is 16.8 Å². The number of halogens is 1. The summed E-state index contributed by atoms with van der Waals surface area (Å²) in [6.07, 6.45) is 1.15. The Bertz CT molecular complexity index is 498. The van der Waals surface area contributed by atoms with Gasteiger partial charge in [-0.2, -0.15) is 0 Å². The lowest BCUT2D eigenvalue weighted by Crippen LogP contribution is -1.93. The maximum absolute atomic E-state index is 8.36. The van der Waals surface area contributed by atoms with Crippen LogP contribution in [0.4, 0.5) is 0 Å². The minimum atomic E-state index is 0.224. The van der Waals surface area contributed by atoms with Crippen LogP contribution in [-0.2, 0) is 0 Å². The fraction of sp³-hybridized carbons (Fsp3) is 0. The molecule has 1 N–H and O–H groups in total. The van der Waals surface area contributed by atoms with Crippen LogP contribution in [0.2, 0.25) is 5.15 Å². The summed E-state index contributed by atoms with van der Waals surface area (Å²) in [4.78, 5) is 8.26. The number of fused-ring (bicyclic) bond motifs is 1. The standard InChI is InChI=1S/C9H6ClN3O/c10-9-8(5-11-14)12-6-3-1-2-4-7(6)13-9/h1-5,14H/b11-5+. The van der Waals surface area contributed by atoms with E-state index in [1.165, 1.54) is 0 Å². The van der Waals surface area contributed by atoms with Crippen LogP contribution in [0.3, 0.4) is 0 Å². The summed E-state index contributed by atoms with van der Waals surface area (Å²) in [6.45, 7) is 0. The highest BCUT2D eigenvalue weighted by atomic mass is 35.5. The van der Waals surface area contributed by atoms with E-state index in [1.807, 2.05) is 24.3 Å². The van der Waals surface area contributed by atoms with Crippen molar-refractivity contribution in [3.8, 4) is 0 Å². The number of rotatable bonds is 1. The van der Waals surface area contributed by atoms with Gasteiger partial charge in [0, 0.05) is 0 Å². The molecule has 0 fully saturated rings. The molecule has 0 radical (unpaired) electrons. The molecule has 0 unspecified atom stereocenters. The predicted octanol–water partition coefficient (Wildman–Crippen LogP) is 2.09. The van der Waals surface area contributed by atoms with E-state index in [2.05, 4.69) is 15.1 Å². The predicted molar refractivity (Wildman–Crippen MR) is 53.9 cm³/mol. The Morgan fingerprint density at radius 3 is 2.50 bits per heavy atom. The summed E-state index contributed by atoms with van der Waals surface area (Å²) in [5, 5.41) is 11.4. The molecule has 0 aliphatic heterocycles. The molecule has 70 valence electrons. The van der Waals surface area contributed by atoms with Crippen molar-refractivity contribution in [1.82, 2.24) is 9.97 Å². The summed E-state index contributed by atoms with van der Waals surface area (Å²) >= 11 is 5.81. The molecule has 5 heteroatoms. The lowest BCUT2D eigenvalue weighted by Gasteiger charge is -1.99. The Morgan fingerprint density at radius 1 is 1.21 bits per heavy atom. The first-order valence-electron chi connectivity index (χ1n) is 3.91. The molecule has 0 atom stereocenters. The number of nitrogens with zero attached hydrogens (tertiary/aromatic N) is 3. The molecule has 1 heterocycles. The number of hydrogen-bond donors (Lipinski definition) is 1. The molecule has 0 aliphatic rings. The molecular weight excluding hydrogens is 202 g/mol. The lowest BCUT2D eigenvalue weighted by molar-refractivity contribution is 0.321. The zero-order chi connectivity index (χ0) is 9.97. The van der Waals surface area contributed by atoms with Crippen molar-refractivity contribution in [2.45, 2.75) is 0 Å². The van der Waals surface area contributed by atoms with Crippen LogP contribution in [0, 0.1) is 0 Å². The van der Waals surface area contributed by atoms with Crippen molar-refractivity contribution in [3.63, 3.8) is 0 Å². The van der Waals surface area contributed by atoms with Gasteiger partial charge < -0.3 is 5.21 Å². The number of benzene rings is 1. The molecule has 2 rings (SSSR count). The van der Waals surface area contributed by atoms with Crippen LogP contribution in [0.5, 0.6) is 0 Å². The third kappa shape index (κ3) is 1.52. The second kappa shape index (κ2) is 3.59. The first-order chi connectivity index (χ1) is 6.81. The first kappa shape index (κ1) is 8.90. The normalized spacial score (nSPS) is 11.2. The quantitative estimate of drug-likeness (QED) is 0.443. The van der Waals surface area contributed by atoms with Gasteiger partial charge in [0.2, 0.25) is 0 Å². The van der Waals surface area contributed by atoms with Crippen molar-refractivity contribution in [2.24, 2.45) is 5.16 Å². The van der Waals surface area contributed by atoms with E-state index >= 15 is 0 Å². The molecule has 0 bridgehead atoms. The third-order valence-electron chi connectivity index (χ3n) is 1.73. The minimum absolute atomic E-state index is 0.224. The van der Waals surface area contributed by atoms with Gasteiger partial charge in [-0.25, -0.2) is 9.97 Å². The molecular formula is C9H6ClN3O. The van der Waals surface area contributed by atoms with Gasteiger partial charge in [-0.1, -0.05) is 28.9 Å². The second-order valence-electron chi connectivity index (χ2n) is 2.63. The van der Waals surface area contributed by atoms with Gasteiger partial charge in [0.1, 0.15) is 5.69 Å². The monoisotopic (exact) mass is 207 g/mol. The number of hydrogen-bond acceptors (Lipinski definition) is 4. The van der Waals surface area contributed by atoms with Gasteiger partial charge in [0.15, 0.2) is 5.15 Å². The Morgan fingerprint density at radius 2 is 1.86 bits per heavy atom. The summed E-state index contributed by atoms with van der Waals surface area (Å²) in [5.41, 5.74) is 1.78. The molecule has 0 saturated carbocycles. The van der Waals surface area contributed by atoms with Crippen molar-refractivity contribution in [2.75, 3.05) is 0 Å². The van der Waals surface area contributed by atoms with E-state index in [1.54, 1.807) is 0 Å². The molecule has 0 saturated heterocycles. The van der Waals surface area contributed by atoms with E-state index in [0.717, 1.165) is 6.21 Å². The minimum Gasteiger partial charge on any atom is -0.411 e. The molecule has 14 heavy (non-hydrogen) atoms. The van der Waals surface area contributed by atoms with Crippen LogP contribution in [-0.4, -0.2) is 21.4 Å². The number of aromatic nitrogens is 2. The maximum atomic E-state index is 8.36. The van der Waals surface area contributed by atoms with Crippen molar-refractivity contribution in [3.05, 3.63) is 35.1 Å². The summed E-state index contributed by atoms with van der Waals surface area (Å²) in [5.74, 6) is 0. The Labute approximate surface area is 84.9 Å². The molecule has 1 aromatic heterocycles. The van der Waals surface area contributed by atoms with E-state index in [0.29, 0.717) is 16.7 Å². The molecule has 1 aromatic carbocycles. The smallest absolute Gasteiger partial charge is 0.157 e. The van der Waals surface area contributed by atoms with Crippen LogP contribution < -0.4 is 0 Å². The third-order valence-corrected chi connectivity index (χ3v) is 2.01. The Balaban J connectivity index is 2.70. The highest BCUT2D eigenvalue weighted by molar-refractivity contribution is 6.31.